The van der Waals surface area contributed by atoms with E-state index in [1.807, 2.05) is 67.6 Å². The first-order valence-corrected chi connectivity index (χ1v) is 10.4. The number of ketones is 1. The second-order valence-electron chi connectivity index (χ2n) is 7.98. The topological polar surface area (TPSA) is 70.8 Å². The summed E-state index contributed by atoms with van der Waals surface area (Å²) >= 11 is 0. The summed E-state index contributed by atoms with van der Waals surface area (Å²) in [5.74, 6) is -0.971. The Morgan fingerprint density at radius 1 is 0.938 bits per heavy atom. The summed E-state index contributed by atoms with van der Waals surface area (Å²) in [7, 11) is 0. The van der Waals surface area contributed by atoms with E-state index in [1.165, 1.54) is 11.2 Å². The van der Waals surface area contributed by atoms with Crippen LogP contribution in [0.1, 0.15) is 28.5 Å². The summed E-state index contributed by atoms with van der Waals surface area (Å²) in [5.41, 5.74) is 2.34. The van der Waals surface area contributed by atoms with Gasteiger partial charge in [-0.15, -0.1) is 0 Å². The molecule has 158 valence electrons. The first-order valence-electron chi connectivity index (χ1n) is 10.4. The number of likely N-dealkylation sites (tertiary alicyclic amines) is 1. The number of hydrogen-bond donors (Lipinski definition) is 1. The van der Waals surface area contributed by atoms with Gasteiger partial charge < -0.3 is 14.4 Å². The summed E-state index contributed by atoms with van der Waals surface area (Å²) < 4.78 is 5.43. The van der Waals surface area contributed by atoms with Crippen LogP contribution in [0.5, 0.6) is 0 Å². The largest absolute Gasteiger partial charge is 0.507 e. The number of amides is 1. The number of hydrogen-bond acceptors (Lipinski definition) is 4. The lowest BCUT2D eigenvalue weighted by atomic mass is 9.93. The van der Waals surface area contributed by atoms with Gasteiger partial charge in [-0.1, -0.05) is 66.2 Å². The Morgan fingerprint density at radius 2 is 1.75 bits per heavy atom. The van der Waals surface area contributed by atoms with Gasteiger partial charge >= 0.3 is 0 Å². The molecule has 1 fully saturated rings. The highest BCUT2D eigenvalue weighted by Crippen LogP contribution is 2.40. The monoisotopic (exact) mass is 423 g/mol. The lowest BCUT2D eigenvalue weighted by Gasteiger charge is -2.24. The Kier molecular flexibility index (Phi) is 4.86. The SMILES string of the molecule is Cc1cccc(C2/C(=C(/O)c3ccc4ccccc4c3)C(=O)C(=O)N2Cc2ccco2)c1. The van der Waals surface area contributed by atoms with Crippen LogP contribution in [0.2, 0.25) is 0 Å². The number of benzene rings is 3. The third kappa shape index (κ3) is 3.38. The second-order valence-corrected chi connectivity index (χ2v) is 7.98. The zero-order chi connectivity index (χ0) is 22.2. The number of aliphatic hydroxyl groups excluding tert-OH is 1. The molecule has 1 unspecified atom stereocenters. The number of carbonyl (C=O) groups is 2. The zero-order valence-corrected chi connectivity index (χ0v) is 17.5. The predicted molar refractivity (Wildman–Crippen MR) is 122 cm³/mol. The van der Waals surface area contributed by atoms with E-state index in [2.05, 4.69) is 0 Å². The minimum absolute atomic E-state index is 0.0856. The number of nitrogens with zero attached hydrogens (tertiary/aromatic N) is 1. The molecule has 5 nitrogen and oxygen atoms in total. The van der Waals surface area contributed by atoms with Crippen molar-refractivity contribution in [2.45, 2.75) is 19.5 Å². The van der Waals surface area contributed by atoms with Crippen molar-refractivity contribution in [3.05, 3.63) is 113 Å². The molecule has 0 radical (unpaired) electrons. The molecule has 0 aliphatic carbocycles. The lowest BCUT2D eigenvalue weighted by Crippen LogP contribution is -2.29. The fourth-order valence-corrected chi connectivity index (χ4v) is 4.29. The molecule has 1 aliphatic heterocycles. The number of Topliss-reactive ketones (excluding diaryl/α,β-unsaturated/α-hetero) is 1. The van der Waals surface area contributed by atoms with Gasteiger partial charge in [0, 0.05) is 5.56 Å². The molecule has 1 amide bonds. The third-order valence-electron chi connectivity index (χ3n) is 5.83. The Hall–Kier alpha value is -4.12. The molecule has 4 aromatic rings. The number of fused-ring (bicyclic) bond motifs is 1. The fraction of sp³-hybridized carbons (Fsp3) is 0.111. The van der Waals surface area contributed by atoms with E-state index >= 15 is 0 Å². The lowest BCUT2D eigenvalue weighted by molar-refractivity contribution is -0.140. The van der Waals surface area contributed by atoms with E-state index < -0.39 is 17.7 Å². The van der Waals surface area contributed by atoms with Crippen molar-refractivity contribution in [2.75, 3.05) is 0 Å². The average molecular weight is 423 g/mol. The Bertz CT molecular complexity index is 1370. The molecular formula is C27H21NO4. The first kappa shape index (κ1) is 19.8. The number of carbonyl (C=O) groups excluding carboxylic acids is 2. The number of aryl methyl sites for hydroxylation is 1. The van der Waals surface area contributed by atoms with Gasteiger partial charge in [0.05, 0.1) is 24.4 Å². The quantitative estimate of drug-likeness (QED) is 0.272. The minimum atomic E-state index is -0.716. The number of rotatable bonds is 4. The highest BCUT2D eigenvalue weighted by molar-refractivity contribution is 6.46. The van der Waals surface area contributed by atoms with E-state index in [9.17, 15) is 14.7 Å². The molecule has 1 atom stereocenters. The van der Waals surface area contributed by atoms with Crippen LogP contribution >= 0.6 is 0 Å². The van der Waals surface area contributed by atoms with E-state index in [-0.39, 0.29) is 17.9 Å². The van der Waals surface area contributed by atoms with Crippen LogP contribution in [0.15, 0.2) is 95.1 Å². The van der Waals surface area contributed by atoms with E-state index in [0.29, 0.717) is 11.3 Å². The van der Waals surface area contributed by atoms with Gasteiger partial charge in [-0.05, 0) is 41.5 Å². The maximum atomic E-state index is 13.2. The predicted octanol–water partition coefficient (Wildman–Crippen LogP) is 5.36. The molecule has 1 N–H and O–H groups in total. The fourth-order valence-electron chi connectivity index (χ4n) is 4.29. The van der Waals surface area contributed by atoms with Gasteiger partial charge in [-0.25, -0.2) is 0 Å². The van der Waals surface area contributed by atoms with Crippen molar-refractivity contribution in [1.29, 1.82) is 0 Å². The van der Waals surface area contributed by atoms with Crippen LogP contribution < -0.4 is 0 Å². The molecule has 0 bridgehead atoms. The van der Waals surface area contributed by atoms with E-state index in [4.69, 9.17) is 4.42 Å². The summed E-state index contributed by atoms with van der Waals surface area (Å²) in [6, 6.07) is 23.7. The van der Waals surface area contributed by atoms with Crippen LogP contribution in [0.3, 0.4) is 0 Å². The van der Waals surface area contributed by atoms with Gasteiger partial charge in [0.15, 0.2) is 0 Å². The van der Waals surface area contributed by atoms with Crippen LogP contribution in [-0.2, 0) is 16.1 Å². The van der Waals surface area contributed by atoms with Crippen molar-refractivity contribution >= 4 is 28.2 Å². The van der Waals surface area contributed by atoms with Crippen LogP contribution in [0, 0.1) is 6.92 Å². The van der Waals surface area contributed by atoms with Crippen LogP contribution in [-0.4, -0.2) is 21.7 Å². The maximum absolute atomic E-state index is 13.2. The van der Waals surface area contributed by atoms with Gasteiger partial charge in [-0.3, -0.25) is 9.59 Å². The first-order chi connectivity index (χ1) is 15.5. The van der Waals surface area contributed by atoms with Crippen molar-refractivity contribution in [1.82, 2.24) is 4.90 Å². The normalized spacial score (nSPS) is 17.9. The Morgan fingerprint density at radius 3 is 2.50 bits per heavy atom. The molecule has 0 saturated carbocycles. The molecule has 32 heavy (non-hydrogen) atoms. The Labute approximate surface area is 185 Å². The van der Waals surface area contributed by atoms with E-state index in [1.54, 1.807) is 18.2 Å². The summed E-state index contributed by atoms with van der Waals surface area (Å²) in [6.45, 7) is 2.08. The standard InChI is InChI=1S/C27H21NO4/c1-17-6-4-9-20(14-17)24-23(26(30)27(31)28(24)16-22-10-5-13-32-22)25(29)21-12-11-18-7-2-3-8-19(18)15-21/h2-15,24,29H,16H2,1H3/b25-23-. The summed E-state index contributed by atoms with van der Waals surface area (Å²) in [4.78, 5) is 27.7. The molecule has 3 aromatic carbocycles. The highest BCUT2D eigenvalue weighted by Gasteiger charge is 2.46. The van der Waals surface area contributed by atoms with Crippen molar-refractivity contribution < 1.29 is 19.1 Å². The molecule has 5 heteroatoms. The summed E-state index contributed by atoms with van der Waals surface area (Å²) in [6.07, 6.45) is 1.53. The number of furan rings is 1. The van der Waals surface area contributed by atoms with Gasteiger partial charge in [0.2, 0.25) is 0 Å². The molecule has 0 spiro atoms. The van der Waals surface area contributed by atoms with Gasteiger partial charge in [-0.2, -0.15) is 0 Å². The smallest absolute Gasteiger partial charge is 0.296 e. The molecule has 5 rings (SSSR count). The van der Waals surface area contributed by atoms with Crippen molar-refractivity contribution in [3.63, 3.8) is 0 Å². The second kappa shape index (κ2) is 7.85. The Balaban J connectivity index is 1.68. The average Bonchev–Trinajstić information content (AvgIpc) is 3.41. The number of aliphatic hydroxyl groups is 1. The third-order valence-corrected chi connectivity index (χ3v) is 5.83. The van der Waals surface area contributed by atoms with Gasteiger partial charge in [0.1, 0.15) is 11.5 Å². The summed E-state index contributed by atoms with van der Waals surface area (Å²) in [5, 5.41) is 13.2. The van der Waals surface area contributed by atoms with Crippen LogP contribution in [0.25, 0.3) is 16.5 Å². The van der Waals surface area contributed by atoms with Crippen molar-refractivity contribution in [3.8, 4) is 0 Å². The molecular weight excluding hydrogens is 402 g/mol. The van der Waals surface area contributed by atoms with Crippen molar-refractivity contribution in [2.24, 2.45) is 0 Å². The van der Waals surface area contributed by atoms with E-state index in [0.717, 1.165) is 21.9 Å². The molecule has 1 aliphatic rings. The maximum Gasteiger partial charge on any atom is 0.296 e. The molecule has 1 aromatic heterocycles. The van der Waals surface area contributed by atoms with Crippen LogP contribution in [0.4, 0.5) is 0 Å². The molecule has 2 heterocycles. The van der Waals surface area contributed by atoms with Gasteiger partial charge in [0.25, 0.3) is 11.7 Å². The highest BCUT2D eigenvalue weighted by atomic mass is 16.3. The molecule has 1 saturated heterocycles. The minimum Gasteiger partial charge on any atom is -0.507 e. The zero-order valence-electron chi connectivity index (χ0n) is 17.5.